The van der Waals surface area contributed by atoms with Crippen molar-refractivity contribution in [3.8, 4) is 11.4 Å². The van der Waals surface area contributed by atoms with Gasteiger partial charge in [-0.05, 0) is 18.2 Å². The number of nitrogens with one attached hydrogen (secondary N) is 1. The van der Waals surface area contributed by atoms with Crippen molar-refractivity contribution >= 4 is 23.2 Å². The summed E-state index contributed by atoms with van der Waals surface area (Å²) < 4.78 is 41.1. The number of hydrogen-bond donors (Lipinski definition) is 1. The van der Waals surface area contributed by atoms with E-state index < -0.39 is 12.1 Å². The zero-order valence-corrected chi connectivity index (χ0v) is 10.7. The van der Waals surface area contributed by atoms with Crippen molar-refractivity contribution in [1.29, 1.82) is 0 Å². The predicted molar refractivity (Wildman–Crippen MR) is 64.0 cm³/mol. The minimum Gasteiger partial charge on any atom is -0.329 e. The number of alkyl halides is 3. The van der Waals surface area contributed by atoms with Gasteiger partial charge in [-0.25, -0.2) is 0 Å². The van der Waals surface area contributed by atoms with Crippen LogP contribution in [0.1, 0.15) is 12.8 Å². The van der Waals surface area contributed by atoms with Crippen molar-refractivity contribution in [3.05, 3.63) is 29.1 Å². The molecule has 9 heteroatoms. The van der Waals surface area contributed by atoms with Crippen molar-refractivity contribution in [2.24, 2.45) is 0 Å². The number of carbonyl (C=O) groups is 1. The van der Waals surface area contributed by atoms with Gasteiger partial charge in [-0.2, -0.15) is 18.2 Å². The second kappa shape index (κ2) is 5.12. The fourth-order valence-corrected chi connectivity index (χ4v) is 1.63. The van der Waals surface area contributed by atoms with E-state index in [9.17, 15) is 18.0 Å². The molecule has 106 valence electrons. The number of anilines is 1. The standard InChI is InChI=1S/C11H7ClF3N3O2/c1-5(19)16-8-3-2-6(4-7(8)12)9-17-10(20-18-9)11(13,14)15/h2-4H,1H3,(H,16,19). The Labute approximate surface area is 115 Å². The smallest absolute Gasteiger partial charge is 0.329 e. The Morgan fingerprint density at radius 1 is 1.40 bits per heavy atom. The summed E-state index contributed by atoms with van der Waals surface area (Å²) in [7, 11) is 0. The Morgan fingerprint density at radius 3 is 2.60 bits per heavy atom. The number of rotatable bonds is 2. The number of carbonyl (C=O) groups excluding carboxylic acids is 1. The molecule has 1 heterocycles. The van der Waals surface area contributed by atoms with Gasteiger partial charge in [-0.3, -0.25) is 4.79 Å². The molecule has 0 atom stereocenters. The molecular formula is C11H7ClF3N3O2. The van der Waals surface area contributed by atoms with Gasteiger partial charge in [0.2, 0.25) is 11.7 Å². The van der Waals surface area contributed by atoms with E-state index in [1.54, 1.807) is 0 Å². The Kier molecular flexibility index (Phi) is 3.67. The quantitative estimate of drug-likeness (QED) is 0.923. The average Bonchev–Trinajstić information content (AvgIpc) is 2.80. The van der Waals surface area contributed by atoms with Gasteiger partial charge >= 0.3 is 12.1 Å². The van der Waals surface area contributed by atoms with Crippen molar-refractivity contribution in [2.45, 2.75) is 13.1 Å². The van der Waals surface area contributed by atoms with Crippen LogP contribution in [-0.2, 0) is 11.0 Å². The summed E-state index contributed by atoms with van der Waals surface area (Å²) >= 11 is 5.90. The minimum absolute atomic E-state index is 0.149. The lowest BCUT2D eigenvalue weighted by molar-refractivity contribution is -0.159. The van der Waals surface area contributed by atoms with Gasteiger partial charge in [0.05, 0.1) is 10.7 Å². The lowest BCUT2D eigenvalue weighted by atomic mass is 10.2. The summed E-state index contributed by atoms with van der Waals surface area (Å²) in [6.45, 7) is 1.30. The molecule has 2 aromatic rings. The fourth-order valence-electron chi connectivity index (χ4n) is 1.40. The Bertz CT molecular complexity index is 655. The summed E-state index contributed by atoms with van der Waals surface area (Å²) in [5.41, 5.74) is 0.575. The number of amides is 1. The second-order valence-electron chi connectivity index (χ2n) is 3.80. The normalized spacial score (nSPS) is 11.4. The molecule has 1 aromatic carbocycles. The number of halogens is 4. The third-order valence-electron chi connectivity index (χ3n) is 2.21. The highest BCUT2D eigenvalue weighted by atomic mass is 35.5. The van der Waals surface area contributed by atoms with E-state index in [0.717, 1.165) is 0 Å². The number of hydrogen-bond acceptors (Lipinski definition) is 4. The predicted octanol–water partition coefficient (Wildman–Crippen LogP) is 3.37. The molecule has 0 aliphatic rings. The van der Waals surface area contributed by atoms with E-state index in [2.05, 4.69) is 20.0 Å². The van der Waals surface area contributed by atoms with Crippen LogP contribution in [0, 0.1) is 0 Å². The van der Waals surface area contributed by atoms with Crippen LogP contribution in [0.3, 0.4) is 0 Å². The van der Waals surface area contributed by atoms with Gasteiger partial charge in [0.1, 0.15) is 0 Å². The zero-order chi connectivity index (χ0) is 14.9. The molecule has 1 amide bonds. The molecule has 0 spiro atoms. The van der Waals surface area contributed by atoms with Gasteiger partial charge in [0.25, 0.3) is 0 Å². The van der Waals surface area contributed by atoms with Gasteiger partial charge in [-0.15, -0.1) is 0 Å². The fraction of sp³-hybridized carbons (Fsp3) is 0.182. The third kappa shape index (κ3) is 3.08. The first-order valence-corrected chi connectivity index (χ1v) is 5.63. The molecule has 0 aliphatic carbocycles. The number of aromatic nitrogens is 2. The van der Waals surface area contributed by atoms with Gasteiger partial charge < -0.3 is 9.84 Å². The van der Waals surface area contributed by atoms with Crippen molar-refractivity contribution in [2.75, 3.05) is 5.32 Å². The molecule has 20 heavy (non-hydrogen) atoms. The topological polar surface area (TPSA) is 68.0 Å². The van der Waals surface area contributed by atoms with Crippen LogP contribution in [0.25, 0.3) is 11.4 Å². The molecule has 1 aromatic heterocycles. The molecule has 2 rings (SSSR count). The van der Waals surface area contributed by atoms with Crippen LogP contribution in [0.15, 0.2) is 22.7 Å². The molecule has 1 N–H and O–H groups in total. The second-order valence-corrected chi connectivity index (χ2v) is 4.20. The van der Waals surface area contributed by atoms with E-state index >= 15 is 0 Å². The van der Waals surface area contributed by atoms with Crippen molar-refractivity contribution in [1.82, 2.24) is 10.1 Å². The Hall–Kier alpha value is -2.09. The highest BCUT2D eigenvalue weighted by molar-refractivity contribution is 6.34. The molecule has 0 bridgehead atoms. The molecule has 0 aliphatic heterocycles. The van der Waals surface area contributed by atoms with Crippen LogP contribution < -0.4 is 5.32 Å². The Balaban J connectivity index is 2.32. The number of benzene rings is 1. The lowest BCUT2D eigenvalue weighted by Crippen LogP contribution is -2.06. The molecule has 0 radical (unpaired) electrons. The van der Waals surface area contributed by atoms with Crippen LogP contribution in [0.5, 0.6) is 0 Å². The van der Waals surface area contributed by atoms with Gasteiger partial charge in [-0.1, -0.05) is 16.8 Å². The molecule has 0 saturated heterocycles. The maximum absolute atomic E-state index is 12.3. The van der Waals surface area contributed by atoms with Crippen molar-refractivity contribution in [3.63, 3.8) is 0 Å². The van der Waals surface area contributed by atoms with Crippen LogP contribution in [0.4, 0.5) is 18.9 Å². The average molecular weight is 306 g/mol. The van der Waals surface area contributed by atoms with E-state index in [1.165, 1.54) is 25.1 Å². The summed E-state index contributed by atoms with van der Waals surface area (Å²) in [4.78, 5) is 14.1. The maximum Gasteiger partial charge on any atom is 0.471 e. The third-order valence-corrected chi connectivity index (χ3v) is 2.52. The van der Waals surface area contributed by atoms with Crippen LogP contribution >= 0.6 is 11.6 Å². The summed E-state index contributed by atoms with van der Waals surface area (Å²) in [6.07, 6.45) is -4.70. The first kappa shape index (κ1) is 14.3. The lowest BCUT2D eigenvalue weighted by Gasteiger charge is -2.05. The van der Waals surface area contributed by atoms with E-state index in [1.807, 2.05) is 0 Å². The summed E-state index contributed by atoms with van der Waals surface area (Å²) in [5, 5.41) is 5.85. The highest BCUT2D eigenvalue weighted by Crippen LogP contribution is 2.31. The van der Waals surface area contributed by atoms with Crippen LogP contribution in [0.2, 0.25) is 5.02 Å². The molecular weight excluding hydrogens is 299 g/mol. The highest BCUT2D eigenvalue weighted by Gasteiger charge is 2.38. The monoisotopic (exact) mass is 305 g/mol. The van der Waals surface area contributed by atoms with Crippen LogP contribution in [-0.4, -0.2) is 16.0 Å². The maximum atomic E-state index is 12.3. The zero-order valence-electron chi connectivity index (χ0n) is 9.95. The van der Waals surface area contributed by atoms with Gasteiger partial charge in [0.15, 0.2) is 0 Å². The molecule has 0 saturated carbocycles. The molecule has 0 unspecified atom stereocenters. The number of nitrogens with zero attached hydrogens (tertiary/aromatic N) is 2. The summed E-state index contributed by atoms with van der Waals surface area (Å²) in [5.74, 6) is -2.00. The Morgan fingerprint density at radius 2 is 2.10 bits per heavy atom. The molecule has 0 fully saturated rings. The minimum atomic E-state index is -4.70. The first-order valence-electron chi connectivity index (χ1n) is 5.26. The van der Waals surface area contributed by atoms with E-state index in [0.29, 0.717) is 5.69 Å². The largest absolute Gasteiger partial charge is 0.471 e. The van der Waals surface area contributed by atoms with Crippen molar-refractivity contribution < 1.29 is 22.5 Å². The van der Waals surface area contributed by atoms with E-state index in [-0.39, 0.29) is 22.3 Å². The van der Waals surface area contributed by atoms with E-state index in [4.69, 9.17) is 11.6 Å². The first-order chi connectivity index (χ1) is 9.27. The summed E-state index contributed by atoms with van der Waals surface area (Å²) in [6, 6.07) is 4.18. The SMILES string of the molecule is CC(=O)Nc1ccc(-c2noc(C(F)(F)F)n2)cc1Cl. The van der Waals surface area contributed by atoms with Gasteiger partial charge in [0, 0.05) is 12.5 Å². The molecule has 5 nitrogen and oxygen atoms in total.